The van der Waals surface area contributed by atoms with Crippen molar-refractivity contribution < 1.29 is 9.31 Å². The molecule has 0 rings (SSSR count). The summed E-state index contributed by atoms with van der Waals surface area (Å²) in [4.78, 5) is 0. The van der Waals surface area contributed by atoms with Crippen molar-refractivity contribution in [2.75, 3.05) is 0 Å². The summed E-state index contributed by atoms with van der Waals surface area (Å²) in [5.74, 6) is 5.63. The maximum absolute atomic E-state index is 5.41. The first-order valence-corrected chi connectivity index (χ1v) is 4.29. The highest BCUT2D eigenvalue weighted by Gasteiger charge is 2.18. The maximum atomic E-state index is 5.41. The highest BCUT2D eigenvalue weighted by molar-refractivity contribution is 6.54. The standard InChI is InChI=1S/C9H17BO2/c1-6-7-10(11-8(2)3)12-9(4)5/h8-9H,1-5H3. The Morgan fingerprint density at radius 2 is 1.42 bits per heavy atom. The van der Waals surface area contributed by atoms with E-state index in [0.29, 0.717) is 0 Å². The Morgan fingerprint density at radius 1 is 1.00 bits per heavy atom. The van der Waals surface area contributed by atoms with Crippen LogP contribution in [0.15, 0.2) is 0 Å². The van der Waals surface area contributed by atoms with Crippen LogP contribution in [0.5, 0.6) is 0 Å². The van der Waals surface area contributed by atoms with E-state index in [1.807, 2.05) is 27.7 Å². The van der Waals surface area contributed by atoms with Gasteiger partial charge in [-0.05, 0) is 34.6 Å². The van der Waals surface area contributed by atoms with Crippen molar-refractivity contribution in [3.63, 3.8) is 0 Å². The van der Waals surface area contributed by atoms with Crippen molar-refractivity contribution in [3.8, 4) is 11.7 Å². The molecule has 0 bridgehead atoms. The largest absolute Gasteiger partial charge is 0.550 e. The summed E-state index contributed by atoms with van der Waals surface area (Å²) in [6.07, 6.45) is 0.296. The molecule has 0 spiro atoms. The van der Waals surface area contributed by atoms with Crippen LogP contribution >= 0.6 is 0 Å². The van der Waals surface area contributed by atoms with Crippen molar-refractivity contribution in [2.24, 2.45) is 0 Å². The van der Waals surface area contributed by atoms with Gasteiger partial charge in [0.25, 0.3) is 0 Å². The Labute approximate surface area is 75.8 Å². The average molecular weight is 168 g/mol. The molecule has 0 aliphatic heterocycles. The van der Waals surface area contributed by atoms with E-state index in [1.54, 1.807) is 6.92 Å². The SMILES string of the molecule is CC#CB(OC(C)C)OC(C)C. The Bertz CT molecular complexity index is 157. The molecular formula is C9H17BO2. The second-order valence-electron chi connectivity index (χ2n) is 3.10. The molecule has 0 atom stereocenters. The summed E-state index contributed by atoms with van der Waals surface area (Å²) >= 11 is 0. The minimum atomic E-state index is -0.380. The van der Waals surface area contributed by atoms with Gasteiger partial charge in [-0.1, -0.05) is 5.82 Å². The van der Waals surface area contributed by atoms with E-state index in [1.165, 1.54) is 0 Å². The van der Waals surface area contributed by atoms with Crippen LogP contribution in [0.4, 0.5) is 0 Å². The van der Waals surface area contributed by atoms with Crippen LogP contribution in [-0.4, -0.2) is 19.3 Å². The first-order chi connectivity index (χ1) is 5.56. The van der Waals surface area contributed by atoms with Gasteiger partial charge in [0, 0.05) is 12.2 Å². The molecule has 0 aromatic rings. The molecule has 12 heavy (non-hydrogen) atoms. The van der Waals surface area contributed by atoms with Crippen molar-refractivity contribution in [1.29, 1.82) is 0 Å². The van der Waals surface area contributed by atoms with E-state index in [-0.39, 0.29) is 19.3 Å². The van der Waals surface area contributed by atoms with Crippen LogP contribution in [0.1, 0.15) is 34.6 Å². The lowest BCUT2D eigenvalue weighted by atomic mass is 9.90. The summed E-state index contributed by atoms with van der Waals surface area (Å²) < 4.78 is 10.8. The zero-order chi connectivity index (χ0) is 9.56. The molecule has 0 aromatic carbocycles. The van der Waals surface area contributed by atoms with Crippen molar-refractivity contribution in [2.45, 2.75) is 46.8 Å². The molecule has 0 amide bonds. The fourth-order valence-electron chi connectivity index (χ4n) is 0.712. The molecule has 0 saturated carbocycles. The molecule has 68 valence electrons. The predicted octanol–water partition coefficient (Wildman–Crippen LogP) is 1.89. The number of hydrogen-bond acceptors (Lipinski definition) is 2. The van der Waals surface area contributed by atoms with E-state index in [0.717, 1.165) is 0 Å². The van der Waals surface area contributed by atoms with Crippen LogP contribution in [0, 0.1) is 11.7 Å². The molecule has 0 unspecified atom stereocenters. The van der Waals surface area contributed by atoms with Gasteiger partial charge in [0.1, 0.15) is 0 Å². The molecule has 0 saturated heterocycles. The minimum Gasteiger partial charge on any atom is -0.398 e. The molecule has 0 aromatic heterocycles. The quantitative estimate of drug-likeness (QED) is 0.471. The van der Waals surface area contributed by atoms with E-state index < -0.39 is 0 Å². The Hall–Kier alpha value is -0.455. The Morgan fingerprint density at radius 3 is 1.67 bits per heavy atom. The molecule has 0 aliphatic rings. The maximum Gasteiger partial charge on any atom is 0.550 e. The predicted molar refractivity (Wildman–Crippen MR) is 51.6 cm³/mol. The van der Waals surface area contributed by atoms with E-state index in [9.17, 15) is 0 Å². The van der Waals surface area contributed by atoms with Gasteiger partial charge in [-0.25, -0.2) is 0 Å². The van der Waals surface area contributed by atoms with Gasteiger partial charge in [-0.2, -0.15) is 0 Å². The van der Waals surface area contributed by atoms with Gasteiger partial charge in [0.05, 0.1) is 0 Å². The fraction of sp³-hybridized carbons (Fsp3) is 0.778. The third-order valence-corrected chi connectivity index (χ3v) is 1.05. The topological polar surface area (TPSA) is 18.5 Å². The van der Waals surface area contributed by atoms with Gasteiger partial charge in [0.15, 0.2) is 0 Å². The molecule has 0 fully saturated rings. The molecule has 2 nitrogen and oxygen atoms in total. The van der Waals surface area contributed by atoms with E-state index in [2.05, 4.69) is 11.7 Å². The fourth-order valence-corrected chi connectivity index (χ4v) is 0.712. The first kappa shape index (κ1) is 11.5. The molecule has 0 N–H and O–H groups in total. The highest BCUT2D eigenvalue weighted by Crippen LogP contribution is 1.98. The molecule has 0 heterocycles. The van der Waals surface area contributed by atoms with Crippen molar-refractivity contribution in [3.05, 3.63) is 0 Å². The van der Waals surface area contributed by atoms with Gasteiger partial charge in [-0.15, -0.1) is 5.92 Å². The van der Waals surface area contributed by atoms with Crippen LogP contribution < -0.4 is 0 Å². The molecular weight excluding hydrogens is 151 g/mol. The third-order valence-electron chi connectivity index (χ3n) is 1.05. The highest BCUT2D eigenvalue weighted by atomic mass is 16.6. The lowest BCUT2D eigenvalue weighted by Gasteiger charge is -2.14. The second kappa shape index (κ2) is 6.10. The minimum absolute atomic E-state index is 0.148. The van der Waals surface area contributed by atoms with E-state index >= 15 is 0 Å². The molecule has 3 heteroatoms. The van der Waals surface area contributed by atoms with Crippen molar-refractivity contribution in [1.82, 2.24) is 0 Å². The zero-order valence-electron chi connectivity index (χ0n) is 8.55. The summed E-state index contributed by atoms with van der Waals surface area (Å²) in [5.41, 5.74) is 0. The zero-order valence-corrected chi connectivity index (χ0v) is 8.55. The normalized spacial score (nSPS) is 9.92. The smallest absolute Gasteiger partial charge is 0.398 e. The van der Waals surface area contributed by atoms with Crippen LogP contribution in [0.2, 0.25) is 0 Å². The monoisotopic (exact) mass is 168 g/mol. The van der Waals surface area contributed by atoms with Gasteiger partial charge in [-0.3, -0.25) is 0 Å². The van der Waals surface area contributed by atoms with Crippen LogP contribution in [0.3, 0.4) is 0 Å². The number of hydrogen-bond donors (Lipinski definition) is 0. The summed E-state index contributed by atoms with van der Waals surface area (Å²) in [5, 5.41) is 0. The summed E-state index contributed by atoms with van der Waals surface area (Å²) in [6.45, 7) is 9.64. The van der Waals surface area contributed by atoms with Crippen LogP contribution in [-0.2, 0) is 9.31 Å². The Balaban J connectivity index is 3.92. The van der Waals surface area contributed by atoms with E-state index in [4.69, 9.17) is 9.31 Å². The molecule has 0 aliphatic carbocycles. The van der Waals surface area contributed by atoms with Gasteiger partial charge < -0.3 is 9.31 Å². The summed E-state index contributed by atoms with van der Waals surface area (Å²) in [7, 11) is -0.380. The average Bonchev–Trinajstić information content (AvgIpc) is 1.84. The lowest BCUT2D eigenvalue weighted by molar-refractivity contribution is 0.140. The van der Waals surface area contributed by atoms with Crippen LogP contribution in [0.25, 0.3) is 0 Å². The number of rotatable bonds is 4. The second-order valence-corrected chi connectivity index (χ2v) is 3.10. The van der Waals surface area contributed by atoms with Gasteiger partial charge >= 0.3 is 7.12 Å². The van der Waals surface area contributed by atoms with Crippen molar-refractivity contribution >= 4 is 7.12 Å². The summed E-state index contributed by atoms with van der Waals surface area (Å²) in [6, 6.07) is 0. The molecule has 0 radical (unpaired) electrons. The first-order valence-electron chi connectivity index (χ1n) is 4.29. The lowest BCUT2D eigenvalue weighted by Crippen LogP contribution is -2.28. The third kappa shape index (κ3) is 6.27. The Kier molecular flexibility index (Phi) is 5.87. The van der Waals surface area contributed by atoms with Gasteiger partial charge in [0.2, 0.25) is 0 Å².